The molecule has 2 bridgehead atoms. The van der Waals surface area contributed by atoms with E-state index in [2.05, 4.69) is 24.0 Å². The number of fused-ring (bicyclic) bond motifs is 1. The third-order valence-corrected chi connectivity index (χ3v) is 8.19. The first kappa shape index (κ1) is 16.8. The number of carbonyl (C=O) groups is 1. The summed E-state index contributed by atoms with van der Waals surface area (Å²) in [5, 5.41) is 0. The summed E-state index contributed by atoms with van der Waals surface area (Å²) in [6, 6.07) is 7.03. The molecule has 4 atom stereocenters. The van der Waals surface area contributed by atoms with E-state index in [1.807, 2.05) is 6.07 Å². The summed E-state index contributed by atoms with van der Waals surface area (Å²) in [4.78, 5) is 14.6. The van der Waals surface area contributed by atoms with Crippen molar-refractivity contribution in [3.8, 4) is 0 Å². The van der Waals surface area contributed by atoms with Crippen molar-refractivity contribution < 1.29 is 4.79 Å². The highest BCUT2D eigenvalue weighted by Gasteiger charge is 2.54. The van der Waals surface area contributed by atoms with Gasteiger partial charge in [0.2, 0.25) is 5.91 Å². The normalized spacial score (nSPS) is 34.7. The van der Waals surface area contributed by atoms with Crippen LogP contribution in [0.1, 0.15) is 73.4 Å². The molecule has 1 unspecified atom stereocenters. The molecule has 1 saturated heterocycles. The number of primary amides is 1. The van der Waals surface area contributed by atoms with Crippen molar-refractivity contribution in [2.24, 2.45) is 23.5 Å². The second-order valence-corrected chi connectivity index (χ2v) is 9.58. The summed E-state index contributed by atoms with van der Waals surface area (Å²) in [6.45, 7) is 4.99. The molecule has 3 heteroatoms. The zero-order valence-electron chi connectivity index (χ0n) is 16.0. The predicted molar refractivity (Wildman–Crippen MR) is 104 cm³/mol. The summed E-state index contributed by atoms with van der Waals surface area (Å²) >= 11 is 0. The molecule has 1 aromatic rings. The van der Waals surface area contributed by atoms with Gasteiger partial charge in [0.1, 0.15) is 0 Å². The molecule has 1 amide bonds. The number of hydrogen-bond acceptors (Lipinski definition) is 2. The van der Waals surface area contributed by atoms with Crippen LogP contribution in [0, 0.1) is 17.8 Å². The lowest BCUT2D eigenvalue weighted by Gasteiger charge is -2.59. The SMILES string of the molecule is C[C@H](CN1CC[C@]23CCCCC2[C@H]1Cc1ccc(C(N)=O)cc13)C1CC1. The molecule has 2 N–H and O–H groups in total. The molecule has 1 heterocycles. The molecular weight excluding hydrogens is 320 g/mol. The predicted octanol–water partition coefficient (Wildman–Crippen LogP) is 3.89. The van der Waals surface area contributed by atoms with Crippen molar-refractivity contribution in [1.29, 1.82) is 0 Å². The van der Waals surface area contributed by atoms with Crippen LogP contribution in [0.4, 0.5) is 0 Å². The van der Waals surface area contributed by atoms with Gasteiger partial charge in [-0.05, 0) is 86.1 Å². The number of nitrogens with two attached hydrogens (primary N) is 1. The van der Waals surface area contributed by atoms with E-state index >= 15 is 0 Å². The minimum Gasteiger partial charge on any atom is -0.366 e. The van der Waals surface area contributed by atoms with Crippen molar-refractivity contribution in [1.82, 2.24) is 4.90 Å². The number of benzene rings is 1. The lowest BCUT2D eigenvalue weighted by Crippen LogP contribution is -2.61. The van der Waals surface area contributed by atoms with Gasteiger partial charge in [0, 0.05) is 23.6 Å². The van der Waals surface area contributed by atoms with Crippen LogP contribution in [-0.4, -0.2) is 29.9 Å². The van der Waals surface area contributed by atoms with E-state index in [1.54, 1.807) is 0 Å². The van der Waals surface area contributed by atoms with Gasteiger partial charge in [0.25, 0.3) is 0 Å². The summed E-state index contributed by atoms with van der Waals surface area (Å²) in [5.74, 6) is 2.33. The van der Waals surface area contributed by atoms with Gasteiger partial charge in [0.15, 0.2) is 0 Å². The first-order valence-electron chi connectivity index (χ1n) is 10.8. The number of piperidine rings is 1. The first-order valence-corrected chi connectivity index (χ1v) is 10.8. The Hall–Kier alpha value is -1.35. The summed E-state index contributed by atoms with van der Waals surface area (Å²) in [7, 11) is 0. The van der Waals surface area contributed by atoms with Gasteiger partial charge in [0.05, 0.1) is 0 Å². The molecule has 5 rings (SSSR count). The van der Waals surface area contributed by atoms with E-state index in [9.17, 15) is 4.79 Å². The smallest absolute Gasteiger partial charge is 0.248 e. The van der Waals surface area contributed by atoms with Gasteiger partial charge >= 0.3 is 0 Å². The van der Waals surface area contributed by atoms with E-state index in [-0.39, 0.29) is 5.91 Å². The molecule has 1 aliphatic heterocycles. The van der Waals surface area contributed by atoms with Crippen LogP contribution >= 0.6 is 0 Å². The molecule has 3 fully saturated rings. The molecule has 26 heavy (non-hydrogen) atoms. The van der Waals surface area contributed by atoms with Crippen molar-refractivity contribution in [3.05, 3.63) is 34.9 Å². The van der Waals surface area contributed by atoms with Gasteiger partial charge in [-0.3, -0.25) is 9.69 Å². The average molecular weight is 353 g/mol. The van der Waals surface area contributed by atoms with Crippen LogP contribution in [0.25, 0.3) is 0 Å². The number of carbonyl (C=O) groups excluding carboxylic acids is 1. The lowest BCUT2D eigenvalue weighted by molar-refractivity contribution is -0.0186. The van der Waals surface area contributed by atoms with Crippen molar-refractivity contribution in [2.75, 3.05) is 13.1 Å². The second-order valence-electron chi connectivity index (χ2n) is 9.58. The van der Waals surface area contributed by atoms with Crippen molar-refractivity contribution in [3.63, 3.8) is 0 Å². The minimum atomic E-state index is -0.283. The summed E-state index contributed by atoms with van der Waals surface area (Å²) in [6.07, 6.45) is 10.7. The van der Waals surface area contributed by atoms with Crippen molar-refractivity contribution >= 4 is 5.91 Å². The van der Waals surface area contributed by atoms with Crippen LogP contribution in [0.15, 0.2) is 18.2 Å². The van der Waals surface area contributed by atoms with E-state index in [0.29, 0.717) is 17.0 Å². The van der Waals surface area contributed by atoms with Crippen molar-refractivity contribution in [2.45, 2.75) is 69.7 Å². The number of nitrogens with zero attached hydrogens (tertiary/aromatic N) is 1. The zero-order chi connectivity index (χ0) is 17.9. The quantitative estimate of drug-likeness (QED) is 0.893. The zero-order valence-corrected chi connectivity index (χ0v) is 16.0. The van der Waals surface area contributed by atoms with Crippen LogP contribution in [0.5, 0.6) is 0 Å². The van der Waals surface area contributed by atoms with E-state index in [4.69, 9.17) is 5.73 Å². The topological polar surface area (TPSA) is 46.3 Å². The number of hydrogen-bond donors (Lipinski definition) is 1. The van der Waals surface area contributed by atoms with E-state index in [1.165, 1.54) is 69.2 Å². The Balaban J connectivity index is 1.52. The van der Waals surface area contributed by atoms with Crippen LogP contribution in [0.2, 0.25) is 0 Å². The maximum Gasteiger partial charge on any atom is 0.248 e. The molecule has 3 nitrogen and oxygen atoms in total. The van der Waals surface area contributed by atoms with E-state index < -0.39 is 0 Å². The number of rotatable bonds is 4. The maximum atomic E-state index is 11.8. The molecule has 1 aromatic carbocycles. The average Bonchev–Trinajstić information content (AvgIpc) is 3.48. The molecule has 4 aliphatic rings. The fourth-order valence-electron chi connectivity index (χ4n) is 6.65. The molecule has 0 aromatic heterocycles. The van der Waals surface area contributed by atoms with Gasteiger partial charge in [-0.2, -0.15) is 0 Å². The standard InChI is InChI=1S/C23H32N2O/c1-15(16-5-6-16)14-25-11-10-23-9-3-2-4-19(23)21(25)13-17-7-8-18(22(24)26)12-20(17)23/h7-8,12,15-16,19,21H,2-6,9-11,13-14H2,1H3,(H2,24,26)/t15-,19?,21-,23-/m1/s1. The highest BCUT2D eigenvalue weighted by Crippen LogP contribution is 2.56. The fourth-order valence-corrected chi connectivity index (χ4v) is 6.65. The molecule has 0 spiro atoms. The van der Waals surface area contributed by atoms with Crippen LogP contribution < -0.4 is 5.73 Å². The Labute approximate surface area is 157 Å². The number of likely N-dealkylation sites (tertiary alicyclic amines) is 1. The van der Waals surface area contributed by atoms with Gasteiger partial charge in [-0.25, -0.2) is 0 Å². The largest absolute Gasteiger partial charge is 0.366 e. The summed E-state index contributed by atoms with van der Waals surface area (Å²) < 4.78 is 0. The van der Waals surface area contributed by atoms with Crippen LogP contribution in [0.3, 0.4) is 0 Å². The van der Waals surface area contributed by atoms with Gasteiger partial charge in [-0.1, -0.05) is 25.8 Å². The second kappa shape index (κ2) is 6.09. The molecule has 3 aliphatic carbocycles. The number of amides is 1. The van der Waals surface area contributed by atoms with Crippen LogP contribution in [-0.2, 0) is 11.8 Å². The molecule has 0 radical (unpaired) electrons. The maximum absolute atomic E-state index is 11.8. The highest BCUT2D eigenvalue weighted by atomic mass is 16.1. The molecule has 2 saturated carbocycles. The Morgan fingerprint density at radius 2 is 2.12 bits per heavy atom. The lowest BCUT2D eigenvalue weighted by atomic mass is 9.52. The highest BCUT2D eigenvalue weighted by molar-refractivity contribution is 5.93. The molecular formula is C23H32N2O. The Kier molecular flexibility index (Phi) is 3.93. The summed E-state index contributed by atoms with van der Waals surface area (Å²) in [5.41, 5.74) is 9.58. The first-order chi connectivity index (χ1) is 12.6. The Morgan fingerprint density at radius 3 is 2.88 bits per heavy atom. The third kappa shape index (κ3) is 2.54. The van der Waals surface area contributed by atoms with Gasteiger partial charge < -0.3 is 5.73 Å². The van der Waals surface area contributed by atoms with E-state index in [0.717, 1.165) is 24.2 Å². The fraction of sp³-hybridized carbons (Fsp3) is 0.696. The molecule has 140 valence electrons. The Bertz CT molecular complexity index is 725. The minimum absolute atomic E-state index is 0.283. The Morgan fingerprint density at radius 1 is 1.27 bits per heavy atom. The third-order valence-electron chi connectivity index (χ3n) is 8.19. The van der Waals surface area contributed by atoms with Gasteiger partial charge in [-0.15, -0.1) is 0 Å². The monoisotopic (exact) mass is 352 g/mol.